The van der Waals surface area contributed by atoms with Crippen LogP contribution in [0, 0.1) is 0 Å². The number of rotatable bonds is 3. The van der Waals surface area contributed by atoms with E-state index in [-0.39, 0.29) is 0 Å². The molecule has 0 saturated heterocycles. The Kier molecular flexibility index (Phi) is 2.25. The van der Waals surface area contributed by atoms with Crippen LogP contribution < -0.4 is 11.1 Å². The van der Waals surface area contributed by atoms with Gasteiger partial charge in [-0.05, 0) is 17.7 Å². The molecule has 0 radical (unpaired) electrons. The maximum atomic E-state index is 5.32. The lowest BCUT2D eigenvalue weighted by molar-refractivity contribution is 0.601. The maximum Gasteiger partial charge on any atom is 0.181 e. The first kappa shape index (κ1) is 8.22. The molecule has 4 heteroatoms. The van der Waals surface area contributed by atoms with E-state index in [2.05, 4.69) is 10.3 Å². The molecule has 0 bridgehead atoms. The zero-order valence-electron chi connectivity index (χ0n) is 7.16. The van der Waals surface area contributed by atoms with Crippen molar-refractivity contribution in [1.82, 2.24) is 10.3 Å². The van der Waals surface area contributed by atoms with Gasteiger partial charge in [0.15, 0.2) is 12.0 Å². The summed E-state index contributed by atoms with van der Waals surface area (Å²) in [5.41, 5.74) is 8.17. The van der Waals surface area contributed by atoms with Crippen molar-refractivity contribution in [3.8, 4) is 0 Å². The summed E-state index contributed by atoms with van der Waals surface area (Å²) in [6.45, 7) is 1.24. The number of nitrogens with two attached hydrogens (primary N) is 1. The average Bonchev–Trinajstić information content (AvgIpc) is 2.61. The van der Waals surface area contributed by atoms with E-state index in [0.717, 1.165) is 23.2 Å². The van der Waals surface area contributed by atoms with Gasteiger partial charge in [0.2, 0.25) is 0 Å². The maximum absolute atomic E-state index is 5.32. The lowest BCUT2D eigenvalue weighted by atomic mass is 10.2. The quantitative estimate of drug-likeness (QED) is 0.682. The van der Waals surface area contributed by atoms with Gasteiger partial charge in [0.05, 0.1) is 0 Å². The predicted molar refractivity (Wildman–Crippen MR) is 49.9 cm³/mol. The summed E-state index contributed by atoms with van der Waals surface area (Å²) in [4.78, 5) is 4.03. The molecule has 13 heavy (non-hydrogen) atoms. The molecular weight excluding hydrogens is 166 g/mol. The molecule has 0 aliphatic heterocycles. The van der Waals surface area contributed by atoms with Crippen LogP contribution >= 0.6 is 0 Å². The van der Waals surface area contributed by atoms with Crippen LogP contribution in [0.2, 0.25) is 0 Å². The van der Waals surface area contributed by atoms with Crippen LogP contribution in [-0.4, -0.2) is 11.7 Å². The lowest BCUT2D eigenvalue weighted by Crippen LogP contribution is -2.21. The van der Waals surface area contributed by atoms with Crippen LogP contribution in [-0.2, 0) is 6.54 Å². The number of fused-ring (bicyclic) bond motifs is 1. The van der Waals surface area contributed by atoms with E-state index in [0.29, 0.717) is 6.67 Å². The van der Waals surface area contributed by atoms with Gasteiger partial charge >= 0.3 is 0 Å². The Bertz CT molecular complexity index is 396. The van der Waals surface area contributed by atoms with Gasteiger partial charge in [-0.25, -0.2) is 4.98 Å². The Morgan fingerprint density at radius 1 is 1.46 bits per heavy atom. The van der Waals surface area contributed by atoms with Gasteiger partial charge < -0.3 is 15.5 Å². The van der Waals surface area contributed by atoms with Crippen molar-refractivity contribution in [2.45, 2.75) is 6.54 Å². The highest BCUT2D eigenvalue weighted by atomic mass is 16.3. The van der Waals surface area contributed by atoms with Crippen molar-refractivity contribution in [2.75, 3.05) is 6.67 Å². The molecule has 1 aromatic carbocycles. The summed E-state index contributed by atoms with van der Waals surface area (Å²) in [6, 6.07) is 5.91. The summed E-state index contributed by atoms with van der Waals surface area (Å²) in [5.74, 6) is 0. The molecule has 68 valence electrons. The monoisotopic (exact) mass is 177 g/mol. The molecule has 0 fully saturated rings. The SMILES string of the molecule is NCNCc1ccc2ncoc2c1. The number of benzene rings is 1. The van der Waals surface area contributed by atoms with Gasteiger partial charge in [-0.1, -0.05) is 6.07 Å². The number of hydrogen-bond acceptors (Lipinski definition) is 4. The molecular formula is C9H11N3O. The molecule has 0 aliphatic carbocycles. The van der Waals surface area contributed by atoms with Crippen molar-refractivity contribution < 1.29 is 4.42 Å². The topological polar surface area (TPSA) is 64.1 Å². The van der Waals surface area contributed by atoms with Gasteiger partial charge in [-0.15, -0.1) is 0 Å². The zero-order chi connectivity index (χ0) is 9.10. The number of nitrogens with zero attached hydrogens (tertiary/aromatic N) is 1. The second-order valence-corrected chi connectivity index (χ2v) is 2.79. The van der Waals surface area contributed by atoms with Crippen LogP contribution in [0.25, 0.3) is 11.1 Å². The van der Waals surface area contributed by atoms with Crippen molar-refractivity contribution in [2.24, 2.45) is 5.73 Å². The third-order valence-corrected chi connectivity index (χ3v) is 1.87. The van der Waals surface area contributed by atoms with Crippen molar-refractivity contribution in [1.29, 1.82) is 0 Å². The van der Waals surface area contributed by atoms with Crippen LogP contribution in [0.4, 0.5) is 0 Å². The van der Waals surface area contributed by atoms with Crippen LogP contribution in [0.3, 0.4) is 0 Å². The van der Waals surface area contributed by atoms with E-state index < -0.39 is 0 Å². The first-order chi connectivity index (χ1) is 6.40. The fourth-order valence-electron chi connectivity index (χ4n) is 1.23. The zero-order valence-corrected chi connectivity index (χ0v) is 7.16. The molecule has 3 N–H and O–H groups in total. The molecule has 1 aromatic heterocycles. The van der Waals surface area contributed by atoms with Gasteiger partial charge in [-0.2, -0.15) is 0 Å². The molecule has 0 amide bonds. The van der Waals surface area contributed by atoms with Crippen LogP contribution in [0.5, 0.6) is 0 Å². The minimum Gasteiger partial charge on any atom is -0.443 e. The summed E-state index contributed by atoms with van der Waals surface area (Å²) >= 11 is 0. The van der Waals surface area contributed by atoms with Crippen LogP contribution in [0.15, 0.2) is 29.0 Å². The number of nitrogens with one attached hydrogen (secondary N) is 1. The van der Waals surface area contributed by atoms with E-state index >= 15 is 0 Å². The van der Waals surface area contributed by atoms with Crippen molar-refractivity contribution in [3.63, 3.8) is 0 Å². The first-order valence-corrected chi connectivity index (χ1v) is 4.13. The summed E-state index contributed by atoms with van der Waals surface area (Å²) in [7, 11) is 0. The number of oxazole rings is 1. The molecule has 0 atom stereocenters. The third-order valence-electron chi connectivity index (χ3n) is 1.87. The second kappa shape index (κ2) is 3.55. The molecule has 0 aliphatic rings. The largest absolute Gasteiger partial charge is 0.443 e. The predicted octanol–water partition coefficient (Wildman–Crippen LogP) is 0.834. The van der Waals surface area contributed by atoms with E-state index in [1.807, 2.05) is 18.2 Å². The Hall–Kier alpha value is -1.39. The van der Waals surface area contributed by atoms with E-state index in [9.17, 15) is 0 Å². The second-order valence-electron chi connectivity index (χ2n) is 2.79. The normalized spacial score (nSPS) is 10.8. The standard InChI is InChI=1S/C9H11N3O/c10-5-11-4-7-1-2-8-9(3-7)13-6-12-8/h1-3,6,11H,4-5,10H2. The van der Waals surface area contributed by atoms with Crippen molar-refractivity contribution in [3.05, 3.63) is 30.2 Å². The molecule has 4 nitrogen and oxygen atoms in total. The molecule has 0 saturated carbocycles. The number of aromatic nitrogens is 1. The highest BCUT2D eigenvalue weighted by Gasteiger charge is 1.98. The van der Waals surface area contributed by atoms with Crippen molar-refractivity contribution >= 4 is 11.1 Å². The van der Waals surface area contributed by atoms with E-state index in [4.69, 9.17) is 10.2 Å². The minimum atomic E-state index is 0.481. The minimum absolute atomic E-state index is 0.481. The molecule has 2 rings (SSSR count). The summed E-state index contributed by atoms with van der Waals surface area (Å²) in [5, 5.41) is 3.04. The summed E-state index contributed by atoms with van der Waals surface area (Å²) in [6.07, 6.45) is 1.45. The highest BCUT2D eigenvalue weighted by molar-refractivity contribution is 5.72. The van der Waals surface area contributed by atoms with Gasteiger partial charge in [0.25, 0.3) is 0 Å². The van der Waals surface area contributed by atoms with Gasteiger partial charge in [-0.3, -0.25) is 0 Å². The van der Waals surface area contributed by atoms with E-state index in [1.165, 1.54) is 6.39 Å². The Morgan fingerprint density at radius 3 is 3.23 bits per heavy atom. The average molecular weight is 177 g/mol. The van der Waals surface area contributed by atoms with Gasteiger partial charge in [0, 0.05) is 13.2 Å². The fraction of sp³-hybridized carbons (Fsp3) is 0.222. The third kappa shape index (κ3) is 1.68. The van der Waals surface area contributed by atoms with Gasteiger partial charge in [0.1, 0.15) is 5.52 Å². The molecule has 0 unspecified atom stereocenters. The summed E-state index contributed by atoms with van der Waals surface area (Å²) < 4.78 is 5.17. The van der Waals surface area contributed by atoms with Crippen LogP contribution in [0.1, 0.15) is 5.56 Å². The van der Waals surface area contributed by atoms with E-state index in [1.54, 1.807) is 0 Å². The smallest absolute Gasteiger partial charge is 0.181 e. The number of hydrogen-bond donors (Lipinski definition) is 2. The first-order valence-electron chi connectivity index (χ1n) is 4.13. The molecule has 1 heterocycles. The Labute approximate surface area is 75.7 Å². The lowest BCUT2D eigenvalue weighted by Gasteiger charge is -2.00. The fourth-order valence-corrected chi connectivity index (χ4v) is 1.23. The highest BCUT2D eigenvalue weighted by Crippen LogP contribution is 2.13. The molecule has 2 aromatic rings. The molecule has 0 spiro atoms. The Balaban J connectivity index is 2.26. The Morgan fingerprint density at radius 2 is 2.38 bits per heavy atom.